The zero-order chi connectivity index (χ0) is 27.6. The van der Waals surface area contributed by atoms with E-state index < -0.39 is 5.92 Å². The second-order valence-electron chi connectivity index (χ2n) is 11.4. The molecule has 5 fully saturated rings. The molecular formula is C31H49F2N3O2. The van der Waals surface area contributed by atoms with Crippen LogP contribution in [0.1, 0.15) is 97.3 Å². The molecule has 0 aromatic heterocycles. The van der Waals surface area contributed by atoms with Crippen LogP contribution in [0.25, 0.3) is 0 Å². The van der Waals surface area contributed by atoms with E-state index in [1.54, 1.807) is 0 Å². The Labute approximate surface area is 228 Å². The van der Waals surface area contributed by atoms with Crippen molar-refractivity contribution in [2.75, 3.05) is 20.1 Å². The minimum atomic E-state index is -2.48. The van der Waals surface area contributed by atoms with Crippen molar-refractivity contribution >= 4 is 12.3 Å². The van der Waals surface area contributed by atoms with E-state index in [9.17, 15) is 18.4 Å². The van der Waals surface area contributed by atoms with Gasteiger partial charge in [0.1, 0.15) is 0 Å². The topological polar surface area (TPSA) is 43.9 Å². The smallest absolute Gasteiger partial charge is 0.249 e. The first kappa shape index (κ1) is 30.5. The molecule has 5 aliphatic rings. The van der Waals surface area contributed by atoms with E-state index in [1.807, 2.05) is 67.1 Å². The lowest BCUT2D eigenvalue weighted by Gasteiger charge is -2.38. The molecule has 0 N–H and O–H groups in total. The molecule has 0 bridgehead atoms. The van der Waals surface area contributed by atoms with Gasteiger partial charge in [0.25, 0.3) is 0 Å². The molecular weight excluding hydrogens is 484 g/mol. The van der Waals surface area contributed by atoms with Crippen molar-refractivity contribution in [1.82, 2.24) is 14.7 Å². The van der Waals surface area contributed by atoms with E-state index >= 15 is 0 Å². The number of likely N-dealkylation sites (tertiary alicyclic amines) is 1. The fourth-order valence-electron chi connectivity index (χ4n) is 6.61. The zero-order valence-corrected chi connectivity index (χ0v) is 23.8. The van der Waals surface area contributed by atoms with Crippen molar-refractivity contribution in [3.05, 3.63) is 36.4 Å². The van der Waals surface area contributed by atoms with E-state index in [2.05, 4.69) is 4.90 Å². The predicted octanol–water partition coefficient (Wildman–Crippen LogP) is 6.52. The summed E-state index contributed by atoms with van der Waals surface area (Å²) >= 11 is 0. The van der Waals surface area contributed by atoms with Gasteiger partial charge in [-0.1, -0.05) is 50.2 Å². The minimum Gasteiger partial charge on any atom is -0.340 e. The Kier molecular flexibility index (Phi) is 11.6. The summed E-state index contributed by atoms with van der Waals surface area (Å²) in [5.41, 5.74) is 0.377. The number of carbonyl (C=O) groups excluding carboxylic acids is 2. The van der Waals surface area contributed by atoms with E-state index in [-0.39, 0.29) is 18.9 Å². The van der Waals surface area contributed by atoms with Crippen molar-refractivity contribution in [2.24, 2.45) is 0 Å². The summed E-state index contributed by atoms with van der Waals surface area (Å²) < 4.78 is 26.9. The number of nitrogens with zero attached hydrogens (tertiary/aromatic N) is 3. The summed E-state index contributed by atoms with van der Waals surface area (Å²) in [5.74, 6) is -2.18. The molecule has 3 aliphatic heterocycles. The van der Waals surface area contributed by atoms with Crippen LogP contribution in [-0.4, -0.2) is 76.7 Å². The third kappa shape index (κ3) is 8.24. The van der Waals surface area contributed by atoms with Gasteiger partial charge in [0.2, 0.25) is 18.2 Å². The standard InChI is InChI=1S/C16H26F2N2O.C7H11NO.C6H6.C2H6/c1-19(14-7-8-16(17,18)11-14)12-4-2-6-15(21)20-9-3-5-13(20)10-12;9-6-8-5-1-2-7(8)3-4-7;1-2-4-6-5-3-1;1-2/h12-14H,2-11H2,1H3;6H,1-5H2;1-6H;1-2H3/t12?,13-,14?;;;/m1.../s1. The van der Waals surface area contributed by atoms with Gasteiger partial charge in [-0.05, 0) is 71.3 Å². The minimum absolute atomic E-state index is 0.00725. The normalized spacial score (nSPS) is 28.6. The van der Waals surface area contributed by atoms with Crippen LogP contribution in [0.2, 0.25) is 0 Å². The Bertz CT molecular complexity index is 822. The van der Waals surface area contributed by atoms with Crippen molar-refractivity contribution in [2.45, 2.75) is 127 Å². The molecule has 2 saturated carbocycles. The fraction of sp³-hybridized carbons (Fsp3) is 0.742. The molecule has 7 heteroatoms. The molecule has 2 amide bonds. The maximum Gasteiger partial charge on any atom is 0.249 e. The van der Waals surface area contributed by atoms with E-state index in [0.717, 1.165) is 51.6 Å². The lowest BCUT2D eigenvalue weighted by Crippen LogP contribution is -2.46. The molecule has 0 radical (unpaired) electrons. The molecule has 1 aromatic rings. The first-order chi connectivity index (χ1) is 18.3. The number of alkyl halides is 2. The molecule has 1 spiro atoms. The zero-order valence-electron chi connectivity index (χ0n) is 23.8. The molecule has 2 unspecified atom stereocenters. The van der Waals surface area contributed by atoms with Crippen LogP contribution in [0.4, 0.5) is 8.78 Å². The number of hydrogen-bond donors (Lipinski definition) is 0. The second-order valence-corrected chi connectivity index (χ2v) is 11.4. The summed E-state index contributed by atoms with van der Waals surface area (Å²) in [6.07, 6.45) is 12.3. The number of halogens is 2. The molecule has 3 saturated heterocycles. The summed E-state index contributed by atoms with van der Waals surface area (Å²) in [6, 6.07) is 12.7. The third-order valence-electron chi connectivity index (χ3n) is 8.97. The highest BCUT2D eigenvalue weighted by molar-refractivity contribution is 5.76. The lowest BCUT2D eigenvalue weighted by molar-refractivity contribution is -0.133. The Morgan fingerprint density at radius 1 is 0.868 bits per heavy atom. The SMILES string of the molecule is CC.CN(C1CCCC(=O)N2CCC[C@@H]2C1)C1CCC(F)(F)C1.O=CN1CCCC12CC2.c1ccccc1. The molecule has 214 valence electrons. The average molecular weight is 534 g/mol. The number of hydrogen-bond acceptors (Lipinski definition) is 3. The summed E-state index contributed by atoms with van der Waals surface area (Å²) in [5, 5.41) is 0. The maximum atomic E-state index is 13.5. The lowest BCUT2D eigenvalue weighted by atomic mass is 9.94. The quantitative estimate of drug-likeness (QED) is 0.415. The largest absolute Gasteiger partial charge is 0.340 e. The van der Waals surface area contributed by atoms with Gasteiger partial charge in [-0.2, -0.15) is 0 Å². The highest BCUT2D eigenvalue weighted by Gasteiger charge is 2.50. The monoisotopic (exact) mass is 533 g/mol. The second kappa shape index (κ2) is 14.4. The number of amides is 2. The van der Waals surface area contributed by atoms with E-state index in [4.69, 9.17) is 0 Å². The van der Waals surface area contributed by atoms with Crippen LogP contribution < -0.4 is 0 Å². The summed E-state index contributed by atoms with van der Waals surface area (Å²) in [6.45, 7) is 5.89. The van der Waals surface area contributed by atoms with Crippen LogP contribution in [0, 0.1) is 0 Å². The van der Waals surface area contributed by atoms with Gasteiger partial charge in [0.15, 0.2) is 0 Å². The predicted molar refractivity (Wildman–Crippen MR) is 149 cm³/mol. The third-order valence-corrected chi connectivity index (χ3v) is 8.97. The van der Waals surface area contributed by atoms with Gasteiger partial charge in [-0.15, -0.1) is 0 Å². The van der Waals surface area contributed by atoms with Gasteiger partial charge in [-0.25, -0.2) is 8.78 Å². The van der Waals surface area contributed by atoms with Crippen LogP contribution in [0.15, 0.2) is 36.4 Å². The van der Waals surface area contributed by atoms with Crippen molar-refractivity contribution in [3.8, 4) is 0 Å². The number of benzene rings is 1. The molecule has 1 aromatic carbocycles. The molecule has 38 heavy (non-hydrogen) atoms. The molecule has 6 rings (SSSR count). The fourth-order valence-corrected chi connectivity index (χ4v) is 6.61. The van der Waals surface area contributed by atoms with Gasteiger partial charge in [0.05, 0.1) is 0 Å². The maximum absolute atomic E-state index is 13.5. The van der Waals surface area contributed by atoms with Crippen molar-refractivity contribution in [1.29, 1.82) is 0 Å². The van der Waals surface area contributed by atoms with Crippen LogP contribution >= 0.6 is 0 Å². The first-order valence-corrected chi connectivity index (χ1v) is 14.9. The van der Waals surface area contributed by atoms with E-state index in [1.165, 1.54) is 25.7 Å². The van der Waals surface area contributed by atoms with Gasteiger partial charge < -0.3 is 14.7 Å². The van der Waals surface area contributed by atoms with Gasteiger partial charge >= 0.3 is 0 Å². The summed E-state index contributed by atoms with van der Waals surface area (Å²) in [7, 11) is 2.01. The number of rotatable bonds is 3. The molecule has 3 heterocycles. The summed E-state index contributed by atoms with van der Waals surface area (Å²) in [4.78, 5) is 28.7. The van der Waals surface area contributed by atoms with Gasteiger partial charge in [-0.3, -0.25) is 9.59 Å². The number of fused-ring (bicyclic) bond motifs is 1. The van der Waals surface area contributed by atoms with Crippen molar-refractivity contribution < 1.29 is 18.4 Å². The first-order valence-electron chi connectivity index (χ1n) is 14.9. The Morgan fingerprint density at radius 2 is 1.53 bits per heavy atom. The number of carbonyl (C=O) groups is 2. The average Bonchev–Trinajstić information content (AvgIpc) is 3.21. The van der Waals surface area contributed by atoms with Crippen LogP contribution in [0.5, 0.6) is 0 Å². The molecule has 2 aliphatic carbocycles. The Hall–Kier alpha value is -2.02. The van der Waals surface area contributed by atoms with Crippen LogP contribution in [0.3, 0.4) is 0 Å². The van der Waals surface area contributed by atoms with Crippen molar-refractivity contribution in [3.63, 3.8) is 0 Å². The highest BCUT2D eigenvalue weighted by Crippen LogP contribution is 2.48. The van der Waals surface area contributed by atoms with E-state index in [0.29, 0.717) is 36.4 Å². The molecule has 5 nitrogen and oxygen atoms in total. The molecule has 3 atom stereocenters. The Morgan fingerprint density at radius 3 is 2.05 bits per heavy atom. The highest BCUT2D eigenvalue weighted by atomic mass is 19.3. The van der Waals surface area contributed by atoms with Gasteiger partial charge in [0, 0.05) is 56.0 Å². The van der Waals surface area contributed by atoms with Crippen LogP contribution in [-0.2, 0) is 9.59 Å². The Balaban J connectivity index is 0.000000191.